The third-order valence-electron chi connectivity index (χ3n) is 2.50. The monoisotopic (exact) mass is 237 g/mol. The molecule has 94 valence electrons. The summed E-state index contributed by atoms with van der Waals surface area (Å²) in [6, 6.07) is 6.23. The van der Waals surface area contributed by atoms with Crippen LogP contribution in [0.25, 0.3) is 0 Å². The van der Waals surface area contributed by atoms with E-state index in [1.165, 1.54) is 0 Å². The Morgan fingerprint density at radius 2 is 2.00 bits per heavy atom. The second-order valence-corrected chi connectivity index (χ2v) is 4.47. The maximum atomic E-state index is 5.48. The molecule has 1 fully saturated rings. The predicted octanol–water partition coefficient (Wildman–Crippen LogP) is 2.33. The molecule has 0 radical (unpaired) electrons. The lowest BCUT2D eigenvalue weighted by Gasteiger charge is -2.14. The summed E-state index contributed by atoms with van der Waals surface area (Å²) in [5.41, 5.74) is 5.03. The fourth-order valence-electron chi connectivity index (χ4n) is 1.67. The zero-order chi connectivity index (χ0) is 12.3. The lowest BCUT2D eigenvalue weighted by molar-refractivity contribution is -0.0441. The average Bonchev–Trinajstić information content (AvgIpc) is 2.80. The van der Waals surface area contributed by atoms with E-state index in [4.69, 9.17) is 14.3 Å². The summed E-state index contributed by atoms with van der Waals surface area (Å²) >= 11 is 0. The molecule has 0 spiro atoms. The Bertz CT molecular complexity index is 373. The van der Waals surface area contributed by atoms with Crippen molar-refractivity contribution in [3.05, 3.63) is 29.3 Å². The molecule has 0 aromatic heterocycles. The SMILES string of the molecule is Cc1cc(C2OCCO2)ccc1ONC(C)C. The van der Waals surface area contributed by atoms with E-state index < -0.39 is 0 Å². The molecular weight excluding hydrogens is 218 g/mol. The number of nitrogens with one attached hydrogen (secondary N) is 1. The van der Waals surface area contributed by atoms with Gasteiger partial charge in [0.1, 0.15) is 5.75 Å². The van der Waals surface area contributed by atoms with Crippen molar-refractivity contribution < 1.29 is 14.3 Å². The van der Waals surface area contributed by atoms with Crippen molar-refractivity contribution in [2.45, 2.75) is 33.1 Å². The molecule has 2 rings (SSSR count). The standard InChI is InChI=1S/C13H19NO3/c1-9(2)14-17-12-5-4-11(8-10(12)3)13-15-6-7-16-13/h4-5,8-9,13-14H,6-7H2,1-3H3. The summed E-state index contributed by atoms with van der Waals surface area (Å²) in [6.07, 6.45) is -0.221. The minimum atomic E-state index is -0.221. The molecule has 1 aliphatic rings. The molecule has 1 heterocycles. The van der Waals surface area contributed by atoms with Crippen LogP contribution in [0.5, 0.6) is 5.75 Å². The average molecular weight is 237 g/mol. The van der Waals surface area contributed by atoms with Crippen LogP contribution in [-0.4, -0.2) is 19.3 Å². The maximum Gasteiger partial charge on any atom is 0.184 e. The molecule has 0 bridgehead atoms. The molecule has 0 saturated carbocycles. The second kappa shape index (κ2) is 5.49. The Morgan fingerprint density at radius 3 is 2.59 bits per heavy atom. The molecule has 1 aromatic rings. The molecule has 17 heavy (non-hydrogen) atoms. The van der Waals surface area contributed by atoms with Gasteiger partial charge in [-0.2, -0.15) is 5.48 Å². The number of rotatable bonds is 4. The van der Waals surface area contributed by atoms with Crippen molar-refractivity contribution >= 4 is 0 Å². The summed E-state index contributed by atoms with van der Waals surface area (Å²) in [4.78, 5) is 5.48. The van der Waals surface area contributed by atoms with Crippen molar-refractivity contribution in [2.75, 3.05) is 13.2 Å². The van der Waals surface area contributed by atoms with E-state index >= 15 is 0 Å². The molecule has 1 N–H and O–H groups in total. The molecular formula is C13H19NO3. The van der Waals surface area contributed by atoms with Gasteiger partial charge in [-0.15, -0.1) is 0 Å². The Kier molecular flexibility index (Phi) is 3.99. The van der Waals surface area contributed by atoms with Crippen molar-refractivity contribution in [1.82, 2.24) is 5.48 Å². The first kappa shape index (κ1) is 12.4. The highest BCUT2D eigenvalue weighted by Gasteiger charge is 2.18. The molecule has 4 nitrogen and oxygen atoms in total. The summed E-state index contributed by atoms with van der Waals surface area (Å²) in [5, 5.41) is 0. The fraction of sp³-hybridized carbons (Fsp3) is 0.538. The first-order valence-corrected chi connectivity index (χ1v) is 5.93. The van der Waals surface area contributed by atoms with Gasteiger partial charge in [0, 0.05) is 11.6 Å². The lowest BCUT2D eigenvalue weighted by Crippen LogP contribution is -2.26. The lowest BCUT2D eigenvalue weighted by atomic mass is 10.1. The van der Waals surface area contributed by atoms with E-state index in [0.717, 1.165) is 16.9 Å². The van der Waals surface area contributed by atoms with Gasteiger partial charge in [0.15, 0.2) is 6.29 Å². The number of benzene rings is 1. The normalized spacial score (nSPS) is 16.7. The third kappa shape index (κ3) is 3.19. The molecule has 0 atom stereocenters. The molecule has 1 aromatic carbocycles. The molecule has 0 aliphatic carbocycles. The Balaban J connectivity index is 2.05. The van der Waals surface area contributed by atoms with Gasteiger partial charge in [-0.05, 0) is 38.5 Å². The summed E-state index contributed by atoms with van der Waals surface area (Å²) < 4.78 is 10.9. The van der Waals surface area contributed by atoms with E-state index in [-0.39, 0.29) is 12.3 Å². The van der Waals surface area contributed by atoms with Gasteiger partial charge in [-0.25, -0.2) is 0 Å². The van der Waals surface area contributed by atoms with Crippen LogP contribution in [0, 0.1) is 6.92 Å². The number of hydrogen-bond donors (Lipinski definition) is 1. The summed E-state index contributed by atoms with van der Waals surface area (Å²) in [6.45, 7) is 7.40. The van der Waals surface area contributed by atoms with Gasteiger partial charge < -0.3 is 14.3 Å². The van der Waals surface area contributed by atoms with Gasteiger partial charge in [-0.3, -0.25) is 0 Å². The number of hydroxylamine groups is 1. The quantitative estimate of drug-likeness (QED) is 0.816. The first-order valence-electron chi connectivity index (χ1n) is 5.93. The van der Waals surface area contributed by atoms with Gasteiger partial charge in [0.25, 0.3) is 0 Å². The van der Waals surface area contributed by atoms with Crippen LogP contribution in [0.15, 0.2) is 18.2 Å². The highest BCUT2D eigenvalue weighted by molar-refractivity contribution is 5.36. The van der Waals surface area contributed by atoms with Gasteiger partial charge in [-0.1, -0.05) is 6.07 Å². The Hall–Kier alpha value is -1.10. The number of aryl methyl sites for hydroxylation is 1. The van der Waals surface area contributed by atoms with Gasteiger partial charge >= 0.3 is 0 Å². The van der Waals surface area contributed by atoms with Crippen LogP contribution in [-0.2, 0) is 9.47 Å². The van der Waals surface area contributed by atoms with E-state index in [2.05, 4.69) is 5.48 Å². The minimum Gasteiger partial charge on any atom is -0.408 e. The highest BCUT2D eigenvalue weighted by atomic mass is 16.7. The minimum absolute atomic E-state index is 0.221. The van der Waals surface area contributed by atoms with E-state index in [1.54, 1.807) is 0 Å². The molecule has 1 saturated heterocycles. The van der Waals surface area contributed by atoms with Crippen molar-refractivity contribution in [3.63, 3.8) is 0 Å². The first-order chi connectivity index (χ1) is 8.16. The van der Waals surface area contributed by atoms with E-state index in [0.29, 0.717) is 13.2 Å². The van der Waals surface area contributed by atoms with Crippen molar-refractivity contribution in [2.24, 2.45) is 0 Å². The topological polar surface area (TPSA) is 39.7 Å². The van der Waals surface area contributed by atoms with Gasteiger partial charge in [0.2, 0.25) is 0 Å². The smallest absolute Gasteiger partial charge is 0.184 e. The summed E-state index contributed by atoms with van der Waals surface area (Å²) in [5.74, 6) is 0.834. The van der Waals surface area contributed by atoms with E-state index in [1.807, 2.05) is 39.0 Å². The molecule has 1 aliphatic heterocycles. The van der Waals surface area contributed by atoms with Crippen LogP contribution >= 0.6 is 0 Å². The number of hydrogen-bond acceptors (Lipinski definition) is 4. The van der Waals surface area contributed by atoms with Crippen LogP contribution in [0.3, 0.4) is 0 Å². The van der Waals surface area contributed by atoms with Crippen LogP contribution < -0.4 is 10.3 Å². The fourth-order valence-corrected chi connectivity index (χ4v) is 1.67. The van der Waals surface area contributed by atoms with Crippen LogP contribution in [0.2, 0.25) is 0 Å². The van der Waals surface area contributed by atoms with Gasteiger partial charge in [0.05, 0.1) is 13.2 Å². The maximum absolute atomic E-state index is 5.48. The highest BCUT2D eigenvalue weighted by Crippen LogP contribution is 2.27. The second-order valence-electron chi connectivity index (χ2n) is 4.47. The van der Waals surface area contributed by atoms with Crippen LogP contribution in [0.1, 0.15) is 31.3 Å². The zero-order valence-corrected chi connectivity index (χ0v) is 10.5. The van der Waals surface area contributed by atoms with E-state index in [9.17, 15) is 0 Å². The molecule has 0 unspecified atom stereocenters. The zero-order valence-electron chi connectivity index (χ0n) is 10.5. The Morgan fingerprint density at radius 1 is 1.29 bits per heavy atom. The number of ether oxygens (including phenoxy) is 2. The van der Waals surface area contributed by atoms with Crippen molar-refractivity contribution in [1.29, 1.82) is 0 Å². The summed E-state index contributed by atoms with van der Waals surface area (Å²) in [7, 11) is 0. The predicted molar refractivity (Wildman–Crippen MR) is 64.7 cm³/mol. The Labute approximate surface area is 102 Å². The largest absolute Gasteiger partial charge is 0.408 e. The van der Waals surface area contributed by atoms with Crippen LogP contribution in [0.4, 0.5) is 0 Å². The molecule has 4 heteroatoms. The van der Waals surface area contributed by atoms with Crippen molar-refractivity contribution in [3.8, 4) is 5.75 Å². The third-order valence-corrected chi connectivity index (χ3v) is 2.50. The molecule has 0 amide bonds.